The first-order valence-electron chi connectivity index (χ1n) is 10.3. The van der Waals surface area contributed by atoms with Crippen molar-refractivity contribution >= 4 is 11.8 Å². The molecule has 0 saturated heterocycles. The van der Waals surface area contributed by atoms with Gasteiger partial charge in [0.2, 0.25) is 0 Å². The molecule has 1 spiro atoms. The van der Waals surface area contributed by atoms with Crippen molar-refractivity contribution in [2.75, 3.05) is 0 Å². The van der Waals surface area contributed by atoms with Crippen molar-refractivity contribution in [2.45, 2.75) is 77.8 Å². The molecule has 9 atom stereocenters. The molecule has 0 aliphatic heterocycles. The van der Waals surface area contributed by atoms with Gasteiger partial charge >= 0.3 is 5.97 Å². The van der Waals surface area contributed by atoms with Crippen molar-refractivity contribution in [3.05, 3.63) is 12.2 Å². The van der Waals surface area contributed by atoms with E-state index in [0.717, 1.165) is 0 Å². The monoisotopic (exact) mass is 392 g/mol. The summed E-state index contributed by atoms with van der Waals surface area (Å²) < 4.78 is 5.50. The molecule has 0 radical (unpaired) electrons. The van der Waals surface area contributed by atoms with Crippen molar-refractivity contribution in [3.63, 3.8) is 0 Å². The van der Waals surface area contributed by atoms with E-state index in [0.29, 0.717) is 31.3 Å². The summed E-state index contributed by atoms with van der Waals surface area (Å²) in [5.41, 5.74) is -1.84. The number of aliphatic hydroxyl groups excluding tert-OH is 3. The summed E-state index contributed by atoms with van der Waals surface area (Å²) >= 11 is 0. The van der Waals surface area contributed by atoms with Crippen molar-refractivity contribution in [1.82, 2.24) is 0 Å². The number of aliphatic hydroxyl groups is 3. The third kappa shape index (κ3) is 2.14. The minimum absolute atomic E-state index is 0.0659. The summed E-state index contributed by atoms with van der Waals surface area (Å²) in [6.07, 6.45) is -1.36. The maximum atomic E-state index is 13.3. The van der Waals surface area contributed by atoms with E-state index in [2.05, 4.69) is 13.5 Å². The number of fused-ring (bicyclic) bond motifs is 3. The van der Waals surface area contributed by atoms with Gasteiger partial charge in [-0.05, 0) is 48.5 Å². The Morgan fingerprint density at radius 1 is 1.14 bits per heavy atom. The average molecular weight is 392 g/mol. The van der Waals surface area contributed by atoms with Crippen LogP contribution in [-0.2, 0) is 14.3 Å². The minimum Gasteiger partial charge on any atom is -0.459 e. The maximum Gasteiger partial charge on any atom is 0.303 e. The fraction of sp³-hybridized carbons (Fsp3) is 0.818. The van der Waals surface area contributed by atoms with E-state index < -0.39 is 46.6 Å². The van der Waals surface area contributed by atoms with Gasteiger partial charge < -0.3 is 20.1 Å². The first-order valence-corrected chi connectivity index (χ1v) is 10.3. The summed E-state index contributed by atoms with van der Waals surface area (Å²) in [5, 5.41) is 33.3. The largest absolute Gasteiger partial charge is 0.459 e. The van der Waals surface area contributed by atoms with Crippen LogP contribution in [0.4, 0.5) is 0 Å². The SMILES string of the molecule is C=C1C(=O)C23C(O)C1CCC2C1(C)C[C@H](O)[C@H](OC(C)=O)C(C)(C)C1C[C@H]3O. The number of rotatable bonds is 1. The number of carbonyl (C=O) groups is 2. The van der Waals surface area contributed by atoms with Gasteiger partial charge in [0.1, 0.15) is 6.10 Å². The lowest BCUT2D eigenvalue weighted by Crippen LogP contribution is -2.70. The molecule has 3 N–H and O–H groups in total. The highest BCUT2D eigenvalue weighted by Crippen LogP contribution is 2.71. The summed E-state index contributed by atoms with van der Waals surface area (Å²) in [6.45, 7) is 11.3. The molecule has 6 nitrogen and oxygen atoms in total. The number of ether oxygens (including phenoxy) is 1. The molecule has 0 heterocycles. The lowest BCUT2D eigenvalue weighted by molar-refractivity contribution is -0.261. The smallest absolute Gasteiger partial charge is 0.303 e. The van der Waals surface area contributed by atoms with E-state index in [1.54, 1.807) is 0 Å². The van der Waals surface area contributed by atoms with Crippen LogP contribution in [0.15, 0.2) is 12.2 Å². The van der Waals surface area contributed by atoms with Crippen LogP contribution in [0, 0.1) is 34.0 Å². The molecule has 0 amide bonds. The summed E-state index contributed by atoms with van der Waals surface area (Å²) in [7, 11) is 0. The molecule has 0 aromatic heterocycles. The maximum absolute atomic E-state index is 13.3. The minimum atomic E-state index is -1.23. The van der Waals surface area contributed by atoms with E-state index >= 15 is 0 Å². The highest BCUT2D eigenvalue weighted by atomic mass is 16.6. The molecule has 156 valence electrons. The normalized spacial score (nSPS) is 52.0. The van der Waals surface area contributed by atoms with E-state index in [4.69, 9.17) is 4.74 Å². The molecule has 0 aromatic carbocycles. The second-order valence-electron chi connectivity index (χ2n) is 10.4. The van der Waals surface area contributed by atoms with Crippen LogP contribution < -0.4 is 0 Å². The van der Waals surface area contributed by atoms with Crippen LogP contribution in [0.1, 0.15) is 53.4 Å². The van der Waals surface area contributed by atoms with Gasteiger partial charge in [0.15, 0.2) is 5.78 Å². The van der Waals surface area contributed by atoms with Gasteiger partial charge in [-0.25, -0.2) is 0 Å². The molecule has 4 saturated carbocycles. The zero-order valence-electron chi connectivity index (χ0n) is 17.1. The van der Waals surface area contributed by atoms with E-state index in [-0.39, 0.29) is 23.5 Å². The lowest BCUT2D eigenvalue weighted by Gasteiger charge is -2.66. The Balaban J connectivity index is 1.82. The highest BCUT2D eigenvalue weighted by Gasteiger charge is 2.75. The van der Waals surface area contributed by atoms with Gasteiger partial charge in [-0.1, -0.05) is 27.4 Å². The van der Waals surface area contributed by atoms with Crippen LogP contribution in [0.2, 0.25) is 0 Å². The average Bonchev–Trinajstić information content (AvgIpc) is 2.70. The highest BCUT2D eigenvalue weighted by molar-refractivity contribution is 6.04. The van der Waals surface area contributed by atoms with Crippen LogP contribution in [0.25, 0.3) is 0 Å². The third-order valence-corrected chi connectivity index (χ3v) is 8.87. The molecule has 4 fully saturated rings. The van der Waals surface area contributed by atoms with Crippen LogP contribution in [0.5, 0.6) is 0 Å². The van der Waals surface area contributed by atoms with Gasteiger partial charge in [0, 0.05) is 18.3 Å². The fourth-order valence-corrected chi connectivity index (χ4v) is 7.87. The first kappa shape index (κ1) is 20.0. The van der Waals surface area contributed by atoms with Crippen molar-refractivity contribution in [2.24, 2.45) is 34.0 Å². The lowest BCUT2D eigenvalue weighted by atomic mass is 9.39. The Morgan fingerprint density at radius 2 is 1.79 bits per heavy atom. The van der Waals surface area contributed by atoms with E-state index in [9.17, 15) is 24.9 Å². The van der Waals surface area contributed by atoms with Crippen molar-refractivity contribution in [1.29, 1.82) is 0 Å². The molecular formula is C22H32O6. The summed E-state index contributed by atoms with van der Waals surface area (Å²) in [5.74, 6) is -1.24. The zero-order chi connectivity index (χ0) is 20.8. The molecule has 0 aromatic rings. The van der Waals surface area contributed by atoms with Crippen LogP contribution in [0.3, 0.4) is 0 Å². The number of hydrogen-bond acceptors (Lipinski definition) is 6. The Bertz CT molecular complexity index is 743. The molecule has 4 aliphatic carbocycles. The molecule has 6 heteroatoms. The summed E-state index contributed by atoms with van der Waals surface area (Å²) in [4.78, 5) is 24.9. The fourth-order valence-electron chi connectivity index (χ4n) is 7.87. The molecular weight excluding hydrogens is 360 g/mol. The molecule has 6 unspecified atom stereocenters. The molecule has 4 aliphatic rings. The number of hydrogen-bond donors (Lipinski definition) is 3. The quantitative estimate of drug-likeness (QED) is 0.463. The second-order valence-corrected chi connectivity index (χ2v) is 10.4. The van der Waals surface area contributed by atoms with Crippen molar-refractivity contribution in [3.8, 4) is 0 Å². The Labute approximate surface area is 166 Å². The van der Waals surface area contributed by atoms with E-state index in [1.165, 1.54) is 6.92 Å². The standard InChI is InChI=1S/C22H32O6/c1-10-12-6-7-14-21(5)9-13(24)19(28-11(2)23)20(3,4)15(21)8-16(25)22(14,17(10)26)18(12)27/h12-16,18-19,24-25,27H,1,6-9H2,2-5H3/t12?,13-,14?,15?,16+,18?,19-,21?,22?/m0/s1. The van der Waals surface area contributed by atoms with E-state index in [1.807, 2.05) is 13.8 Å². The van der Waals surface area contributed by atoms with Gasteiger partial charge in [-0.15, -0.1) is 0 Å². The van der Waals surface area contributed by atoms with Crippen LogP contribution in [-0.4, -0.2) is 51.5 Å². The number of carbonyl (C=O) groups excluding carboxylic acids is 2. The van der Waals surface area contributed by atoms with Gasteiger partial charge in [-0.2, -0.15) is 0 Å². The first-order chi connectivity index (χ1) is 12.9. The van der Waals surface area contributed by atoms with Crippen molar-refractivity contribution < 1.29 is 29.6 Å². The Morgan fingerprint density at radius 3 is 2.39 bits per heavy atom. The molecule has 2 bridgehead atoms. The Hall–Kier alpha value is -1.24. The predicted molar refractivity (Wildman–Crippen MR) is 101 cm³/mol. The third-order valence-electron chi connectivity index (χ3n) is 8.87. The number of Topliss-reactive ketones (excluding diaryl/α,β-unsaturated/α-hetero) is 1. The van der Waals surface area contributed by atoms with Gasteiger partial charge in [0.25, 0.3) is 0 Å². The molecule has 28 heavy (non-hydrogen) atoms. The predicted octanol–water partition coefficient (Wildman–Crippen LogP) is 1.61. The second kappa shape index (κ2) is 5.89. The van der Waals surface area contributed by atoms with Gasteiger partial charge in [0.05, 0.1) is 23.7 Å². The number of ketones is 1. The number of esters is 1. The summed E-state index contributed by atoms with van der Waals surface area (Å²) in [6, 6.07) is 0. The topological polar surface area (TPSA) is 104 Å². The zero-order valence-corrected chi connectivity index (χ0v) is 17.1. The molecule has 4 rings (SSSR count). The Kier molecular flexibility index (Phi) is 4.22. The van der Waals surface area contributed by atoms with Crippen LogP contribution >= 0.6 is 0 Å². The van der Waals surface area contributed by atoms with Gasteiger partial charge in [-0.3, -0.25) is 9.59 Å².